The maximum Gasteiger partial charge on any atom is 0.0431 e. The number of unbranched alkanes of at least 4 members (excludes halogenated alkanes) is 3. The fourth-order valence-corrected chi connectivity index (χ4v) is 3.55. The molecular formula is C15H23NOS. The fraction of sp³-hybridized carbons (Fsp3) is 0.600. The van der Waals surface area contributed by atoms with Gasteiger partial charge in [-0.3, -0.25) is 0 Å². The van der Waals surface area contributed by atoms with Gasteiger partial charge in [0.1, 0.15) is 0 Å². The Labute approximate surface area is 114 Å². The highest BCUT2D eigenvalue weighted by molar-refractivity contribution is 7.98. The van der Waals surface area contributed by atoms with Crippen molar-refractivity contribution in [1.29, 1.82) is 0 Å². The number of rotatable bonds is 7. The molecule has 0 amide bonds. The van der Waals surface area contributed by atoms with E-state index in [9.17, 15) is 0 Å². The predicted octanol–water partition coefficient (Wildman–Crippen LogP) is 3.12. The summed E-state index contributed by atoms with van der Waals surface area (Å²) in [6, 6.07) is 9.31. The van der Waals surface area contributed by atoms with Crippen LogP contribution >= 0.6 is 11.8 Å². The number of aliphatic hydroxyl groups is 1. The third kappa shape index (κ3) is 4.01. The van der Waals surface area contributed by atoms with Gasteiger partial charge < -0.3 is 10.4 Å². The first kappa shape index (κ1) is 13.9. The molecule has 1 aliphatic rings. The van der Waals surface area contributed by atoms with Crippen molar-refractivity contribution in [2.75, 3.05) is 18.9 Å². The second-order valence-electron chi connectivity index (χ2n) is 4.86. The summed E-state index contributed by atoms with van der Waals surface area (Å²) in [7, 11) is 0. The molecule has 0 fully saturated rings. The first-order chi connectivity index (χ1) is 8.92. The smallest absolute Gasteiger partial charge is 0.0431 e. The molecule has 1 unspecified atom stereocenters. The second-order valence-corrected chi connectivity index (χ2v) is 5.89. The van der Waals surface area contributed by atoms with Crippen LogP contribution in [0.15, 0.2) is 24.3 Å². The molecule has 1 atom stereocenters. The molecule has 18 heavy (non-hydrogen) atoms. The van der Waals surface area contributed by atoms with Crippen molar-refractivity contribution in [2.24, 2.45) is 0 Å². The van der Waals surface area contributed by atoms with E-state index in [-0.39, 0.29) is 0 Å². The van der Waals surface area contributed by atoms with Crippen molar-refractivity contribution in [3.8, 4) is 0 Å². The van der Waals surface area contributed by atoms with Crippen LogP contribution in [0.4, 0.5) is 0 Å². The lowest BCUT2D eigenvalue weighted by Crippen LogP contribution is -2.27. The Hall–Kier alpha value is -0.510. The number of thioether (sulfide) groups is 1. The summed E-state index contributed by atoms with van der Waals surface area (Å²) in [6.45, 7) is 1.42. The lowest BCUT2D eigenvalue weighted by molar-refractivity contribution is 0.282. The summed E-state index contributed by atoms with van der Waals surface area (Å²) in [4.78, 5) is 0. The van der Waals surface area contributed by atoms with Crippen molar-refractivity contribution in [2.45, 2.75) is 37.5 Å². The minimum absolute atomic E-state index is 0.333. The summed E-state index contributed by atoms with van der Waals surface area (Å²) < 4.78 is 0. The number of fused-ring (bicyclic) bond motifs is 1. The fourth-order valence-electron chi connectivity index (χ4n) is 2.42. The summed E-state index contributed by atoms with van der Waals surface area (Å²) in [5.74, 6) is 2.35. The van der Waals surface area contributed by atoms with Crippen LogP contribution in [-0.2, 0) is 5.75 Å². The summed E-state index contributed by atoms with van der Waals surface area (Å²) >= 11 is 2.02. The van der Waals surface area contributed by atoms with Crippen LogP contribution in [0.3, 0.4) is 0 Å². The van der Waals surface area contributed by atoms with Crippen LogP contribution in [0.2, 0.25) is 0 Å². The van der Waals surface area contributed by atoms with Gasteiger partial charge in [0.05, 0.1) is 0 Å². The van der Waals surface area contributed by atoms with Crippen molar-refractivity contribution in [1.82, 2.24) is 5.32 Å². The molecule has 0 spiro atoms. The van der Waals surface area contributed by atoms with E-state index in [1.807, 2.05) is 11.8 Å². The molecule has 2 nitrogen and oxygen atoms in total. The largest absolute Gasteiger partial charge is 0.396 e. The van der Waals surface area contributed by atoms with E-state index in [1.165, 1.54) is 29.7 Å². The molecular weight excluding hydrogens is 242 g/mol. The van der Waals surface area contributed by atoms with Crippen molar-refractivity contribution >= 4 is 11.8 Å². The van der Waals surface area contributed by atoms with Gasteiger partial charge in [-0.25, -0.2) is 0 Å². The average Bonchev–Trinajstić information content (AvgIpc) is 2.43. The molecule has 0 aliphatic carbocycles. The number of hydrogen-bond acceptors (Lipinski definition) is 3. The van der Waals surface area contributed by atoms with E-state index in [0.717, 1.165) is 25.1 Å². The van der Waals surface area contributed by atoms with Crippen LogP contribution in [0, 0.1) is 0 Å². The number of nitrogens with one attached hydrogen (secondary N) is 1. The molecule has 0 aromatic heterocycles. The lowest BCUT2D eigenvalue weighted by Gasteiger charge is -2.26. The van der Waals surface area contributed by atoms with E-state index in [2.05, 4.69) is 29.6 Å². The summed E-state index contributed by atoms with van der Waals surface area (Å²) in [5.41, 5.74) is 2.98. The van der Waals surface area contributed by atoms with Gasteiger partial charge in [-0.1, -0.05) is 37.1 Å². The lowest BCUT2D eigenvalue weighted by atomic mass is 10.0. The topological polar surface area (TPSA) is 32.3 Å². The van der Waals surface area contributed by atoms with Crippen molar-refractivity contribution < 1.29 is 5.11 Å². The zero-order valence-corrected chi connectivity index (χ0v) is 11.7. The predicted molar refractivity (Wildman–Crippen MR) is 78.9 cm³/mol. The average molecular weight is 265 g/mol. The SMILES string of the molecule is OCCCCCCNC1CSCc2ccccc21. The van der Waals surface area contributed by atoms with Gasteiger partial charge in [-0.05, 0) is 30.5 Å². The molecule has 2 rings (SSSR count). The van der Waals surface area contributed by atoms with Gasteiger partial charge in [0.2, 0.25) is 0 Å². The number of aliphatic hydroxyl groups excluding tert-OH is 1. The monoisotopic (exact) mass is 265 g/mol. The van der Waals surface area contributed by atoms with Crippen LogP contribution in [-0.4, -0.2) is 24.0 Å². The molecule has 0 saturated heterocycles. The Morgan fingerprint density at radius 3 is 2.89 bits per heavy atom. The van der Waals surface area contributed by atoms with E-state index in [0.29, 0.717) is 12.6 Å². The van der Waals surface area contributed by atoms with Crippen LogP contribution < -0.4 is 5.32 Å². The third-order valence-electron chi connectivity index (χ3n) is 3.45. The van der Waals surface area contributed by atoms with Crippen LogP contribution in [0.1, 0.15) is 42.9 Å². The normalized spacial score (nSPS) is 18.6. The highest BCUT2D eigenvalue weighted by atomic mass is 32.2. The van der Waals surface area contributed by atoms with Gasteiger partial charge in [0, 0.05) is 24.2 Å². The van der Waals surface area contributed by atoms with Gasteiger partial charge in [0.25, 0.3) is 0 Å². The molecule has 3 heteroatoms. The maximum atomic E-state index is 8.72. The van der Waals surface area contributed by atoms with Crippen molar-refractivity contribution in [3.05, 3.63) is 35.4 Å². The zero-order valence-electron chi connectivity index (χ0n) is 10.9. The third-order valence-corrected chi connectivity index (χ3v) is 4.53. The Morgan fingerprint density at radius 2 is 2.00 bits per heavy atom. The molecule has 1 aliphatic heterocycles. The Bertz CT molecular complexity index is 356. The summed E-state index contributed by atoms with van der Waals surface area (Å²) in [5, 5.41) is 12.4. The zero-order chi connectivity index (χ0) is 12.6. The molecule has 0 bridgehead atoms. The van der Waals surface area contributed by atoms with Gasteiger partial charge in [0.15, 0.2) is 0 Å². The minimum Gasteiger partial charge on any atom is -0.396 e. The molecule has 0 radical (unpaired) electrons. The maximum absolute atomic E-state index is 8.72. The van der Waals surface area contributed by atoms with Gasteiger partial charge >= 0.3 is 0 Å². The number of benzene rings is 1. The van der Waals surface area contributed by atoms with Crippen LogP contribution in [0.5, 0.6) is 0 Å². The molecule has 100 valence electrons. The van der Waals surface area contributed by atoms with E-state index in [1.54, 1.807) is 0 Å². The van der Waals surface area contributed by atoms with Gasteiger partial charge in [-0.15, -0.1) is 0 Å². The minimum atomic E-state index is 0.333. The molecule has 1 heterocycles. The second kappa shape index (κ2) is 7.82. The molecule has 1 aromatic rings. The van der Waals surface area contributed by atoms with Crippen molar-refractivity contribution in [3.63, 3.8) is 0 Å². The summed E-state index contributed by atoms with van der Waals surface area (Å²) in [6.07, 6.45) is 4.52. The van der Waals surface area contributed by atoms with E-state index < -0.39 is 0 Å². The highest BCUT2D eigenvalue weighted by Gasteiger charge is 2.18. The standard InChI is InChI=1S/C15H23NOS/c17-10-6-2-1-5-9-16-15-12-18-11-13-7-3-4-8-14(13)15/h3-4,7-8,15-17H,1-2,5-6,9-12H2. The van der Waals surface area contributed by atoms with E-state index >= 15 is 0 Å². The van der Waals surface area contributed by atoms with Crippen LogP contribution in [0.25, 0.3) is 0 Å². The number of hydrogen-bond donors (Lipinski definition) is 2. The highest BCUT2D eigenvalue weighted by Crippen LogP contribution is 2.31. The Morgan fingerprint density at radius 1 is 1.17 bits per heavy atom. The molecule has 2 N–H and O–H groups in total. The molecule has 1 aromatic carbocycles. The Kier molecular flexibility index (Phi) is 6.05. The van der Waals surface area contributed by atoms with Gasteiger partial charge in [-0.2, -0.15) is 11.8 Å². The Balaban J connectivity index is 1.74. The quantitative estimate of drug-likeness (QED) is 0.743. The van der Waals surface area contributed by atoms with E-state index in [4.69, 9.17) is 5.11 Å². The first-order valence-corrected chi connectivity index (χ1v) is 8.07. The molecule has 0 saturated carbocycles. The first-order valence-electron chi connectivity index (χ1n) is 6.91.